The van der Waals surface area contributed by atoms with E-state index < -0.39 is 57.8 Å². The number of nitrogens with zero attached hydrogens (tertiary/aromatic N) is 1. The summed E-state index contributed by atoms with van der Waals surface area (Å²) in [4.78, 5) is 22.1. The molecule has 0 aromatic heterocycles. The molecule has 31 heavy (non-hydrogen) atoms. The molecule has 0 bridgehead atoms. The third-order valence-electron chi connectivity index (χ3n) is 4.13. The number of nitro benzene ring substituents is 1. The van der Waals surface area contributed by atoms with E-state index in [9.17, 15) is 50.0 Å². The molecule has 0 atom stereocenters. The average Bonchev–Trinajstić information content (AvgIpc) is 2.61. The summed E-state index contributed by atoms with van der Waals surface area (Å²) in [5.41, 5.74) is -9.13. The summed E-state index contributed by atoms with van der Waals surface area (Å²) in [6.45, 7) is 0. The number of halogens is 10. The van der Waals surface area contributed by atoms with E-state index in [0.29, 0.717) is 12.1 Å². The topological polar surface area (TPSA) is 60.2 Å². The van der Waals surface area contributed by atoms with Crippen LogP contribution in [0.3, 0.4) is 0 Å². The summed E-state index contributed by atoms with van der Waals surface area (Å²) in [5, 5.41) is 10.8. The third kappa shape index (κ3) is 4.78. The maximum absolute atomic E-state index is 14.3. The molecule has 0 aliphatic heterocycles. The predicted octanol–water partition coefficient (Wildman–Crippen LogP) is 6.66. The highest BCUT2D eigenvalue weighted by atomic mass is 127. The summed E-state index contributed by atoms with van der Waals surface area (Å²) >= 11 is 2.65. The van der Waals surface area contributed by atoms with E-state index in [-0.39, 0.29) is 12.7 Å². The number of Topliss-reactive ketones (excluding diaryl/α,β-unsaturated/α-hetero) is 1. The van der Waals surface area contributed by atoms with Gasteiger partial charge in [0, 0.05) is 25.2 Å². The molecule has 0 radical (unpaired) electrons. The van der Waals surface area contributed by atoms with Gasteiger partial charge in [0.2, 0.25) is 5.82 Å². The lowest BCUT2D eigenvalue weighted by Gasteiger charge is -2.31. The van der Waals surface area contributed by atoms with Crippen LogP contribution in [0.15, 0.2) is 30.3 Å². The number of carbonyl (C=O) groups is 1. The van der Waals surface area contributed by atoms with E-state index in [0.717, 1.165) is 18.2 Å². The van der Waals surface area contributed by atoms with Crippen LogP contribution in [-0.2, 0) is 12.1 Å². The van der Waals surface area contributed by atoms with Gasteiger partial charge in [-0.2, -0.15) is 30.7 Å². The van der Waals surface area contributed by atoms with Crippen LogP contribution >= 0.6 is 45.2 Å². The van der Waals surface area contributed by atoms with Crippen molar-refractivity contribution in [3.05, 3.63) is 70.1 Å². The zero-order chi connectivity index (χ0) is 23.9. The molecule has 14 heteroatoms. The van der Waals surface area contributed by atoms with Crippen LogP contribution in [0.25, 0.3) is 0 Å². The monoisotopic (exact) mass is 679 g/mol. The maximum atomic E-state index is 14.3. The Hall–Kier alpha value is -1.59. The highest BCUT2D eigenvalue weighted by Crippen LogP contribution is 2.53. The van der Waals surface area contributed by atoms with Crippen LogP contribution in [0, 0.1) is 23.1 Å². The van der Waals surface area contributed by atoms with E-state index in [1.54, 1.807) is 0 Å². The van der Waals surface area contributed by atoms with Gasteiger partial charge in [-0.15, -0.1) is 0 Å². The number of nitro groups is 1. The van der Waals surface area contributed by atoms with Crippen molar-refractivity contribution < 1.29 is 44.8 Å². The molecule has 0 unspecified atom stereocenters. The minimum absolute atomic E-state index is 0.0902. The Labute approximate surface area is 195 Å². The third-order valence-corrected chi connectivity index (χ3v) is 6.06. The lowest BCUT2D eigenvalue weighted by atomic mass is 9.92. The Balaban J connectivity index is 2.52. The van der Waals surface area contributed by atoms with E-state index in [4.69, 9.17) is 0 Å². The fourth-order valence-electron chi connectivity index (χ4n) is 2.59. The van der Waals surface area contributed by atoms with Crippen molar-refractivity contribution in [2.75, 3.05) is 0 Å². The first-order valence-electron chi connectivity index (χ1n) is 7.79. The highest BCUT2D eigenvalue weighted by Gasteiger charge is 2.73. The number of benzene rings is 2. The Morgan fingerprint density at radius 3 is 1.87 bits per heavy atom. The predicted molar refractivity (Wildman–Crippen MR) is 108 cm³/mol. The summed E-state index contributed by atoms with van der Waals surface area (Å²) in [7, 11) is 0. The van der Waals surface area contributed by atoms with Gasteiger partial charge < -0.3 is 0 Å². The number of carbonyl (C=O) groups excluding carboxylic acids is 1. The lowest BCUT2D eigenvalue weighted by Crippen LogP contribution is -2.50. The van der Waals surface area contributed by atoms with Crippen molar-refractivity contribution in [2.24, 2.45) is 0 Å². The summed E-state index contributed by atoms with van der Waals surface area (Å²) in [6.07, 6.45) is -13.3. The smallest absolute Gasteiger partial charge is 0.294 e. The normalized spacial score (nSPS) is 12.7. The molecule has 0 saturated heterocycles. The second-order valence-electron chi connectivity index (χ2n) is 6.07. The lowest BCUT2D eigenvalue weighted by molar-refractivity contribution is -0.387. The van der Waals surface area contributed by atoms with Gasteiger partial charge in [0.25, 0.3) is 0 Å². The Morgan fingerprint density at radius 2 is 1.45 bits per heavy atom. The minimum Gasteiger partial charge on any atom is -0.294 e. The van der Waals surface area contributed by atoms with E-state index in [1.165, 1.54) is 45.2 Å². The molecular weight excluding hydrogens is 672 g/mol. The molecule has 0 aliphatic carbocycles. The van der Waals surface area contributed by atoms with Crippen LogP contribution in [0.4, 0.5) is 40.8 Å². The number of rotatable bonds is 5. The van der Waals surface area contributed by atoms with Gasteiger partial charge in [0.15, 0.2) is 5.78 Å². The van der Waals surface area contributed by atoms with Gasteiger partial charge in [-0.1, -0.05) is 6.07 Å². The molecule has 168 valence electrons. The molecule has 0 saturated carbocycles. The van der Waals surface area contributed by atoms with Gasteiger partial charge in [-0.3, -0.25) is 14.9 Å². The van der Waals surface area contributed by atoms with Crippen molar-refractivity contribution in [2.45, 2.75) is 24.4 Å². The largest absolute Gasteiger partial charge is 0.435 e. The van der Waals surface area contributed by atoms with Gasteiger partial charge in [0.05, 0.1) is 10.5 Å². The summed E-state index contributed by atoms with van der Waals surface area (Å²) in [6, 6.07) is 3.39. The first-order chi connectivity index (χ1) is 14.0. The van der Waals surface area contributed by atoms with Crippen LogP contribution < -0.4 is 0 Å². The Kier molecular flexibility index (Phi) is 7.24. The standard InChI is InChI=1S/C17H7F8I2NO3/c18-14-8(2-1-3-12(14)28(30)31)13(29)6-9-10(26)4-7(5-11(9)27)15(19,16(20,21)22)17(23,24)25/h1-5H,6H2. The summed E-state index contributed by atoms with van der Waals surface area (Å²) < 4.78 is 106. The zero-order valence-electron chi connectivity index (χ0n) is 14.5. The second-order valence-corrected chi connectivity index (χ2v) is 8.39. The van der Waals surface area contributed by atoms with Crippen LogP contribution in [-0.4, -0.2) is 23.1 Å². The van der Waals surface area contributed by atoms with Gasteiger partial charge in [-0.05, 0) is 68.9 Å². The van der Waals surface area contributed by atoms with E-state index in [2.05, 4.69) is 0 Å². The highest BCUT2D eigenvalue weighted by molar-refractivity contribution is 14.1. The van der Waals surface area contributed by atoms with Crippen molar-refractivity contribution in [3.63, 3.8) is 0 Å². The molecular formula is C17H7F8I2NO3. The van der Waals surface area contributed by atoms with Crippen LogP contribution in [0.1, 0.15) is 21.5 Å². The van der Waals surface area contributed by atoms with E-state index >= 15 is 0 Å². The Morgan fingerprint density at radius 1 is 0.968 bits per heavy atom. The number of hydrogen-bond acceptors (Lipinski definition) is 3. The van der Waals surface area contributed by atoms with Gasteiger partial charge in [0.1, 0.15) is 0 Å². The quantitative estimate of drug-likeness (QED) is 0.117. The van der Waals surface area contributed by atoms with Gasteiger partial charge >= 0.3 is 23.7 Å². The first kappa shape index (κ1) is 25.7. The van der Waals surface area contributed by atoms with Crippen molar-refractivity contribution in [3.8, 4) is 0 Å². The first-order valence-corrected chi connectivity index (χ1v) is 9.95. The molecule has 0 N–H and O–H groups in total. The average molecular weight is 679 g/mol. The second kappa shape index (κ2) is 8.74. The Bertz CT molecular complexity index is 1020. The van der Waals surface area contributed by atoms with Gasteiger partial charge in [-0.25, -0.2) is 4.39 Å². The SMILES string of the molecule is O=C(Cc1c(I)cc(C(F)(C(F)(F)F)C(F)(F)F)cc1I)c1cccc([N+](=O)[O-])c1F. The fourth-order valence-corrected chi connectivity index (χ4v) is 4.74. The number of hydrogen-bond donors (Lipinski definition) is 0. The minimum atomic E-state index is -6.30. The molecule has 0 heterocycles. The molecule has 4 nitrogen and oxygen atoms in total. The van der Waals surface area contributed by atoms with E-state index in [1.807, 2.05) is 0 Å². The maximum Gasteiger partial charge on any atom is 0.435 e. The molecule has 0 spiro atoms. The van der Waals surface area contributed by atoms with Crippen molar-refractivity contribution in [1.82, 2.24) is 0 Å². The van der Waals surface area contributed by atoms with Crippen LogP contribution in [0.2, 0.25) is 0 Å². The fraction of sp³-hybridized carbons (Fsp3) is 0.235. The molecule has 2 rings (SSSR count). The summed E-state index contributed by atoms with van der Waals surface area (Å²) in [5.74, 6) is -2.45. The number of alkyl halides is 7. The van der Waals surface area contributed by atoms with Crippen molar-refractivity contribution >= 4 is 56.7 Å². The molecule has 2 aromatic carbocycles. The molecule has 0 fully saturated rings. The molecule has 0 amide bonds. The zero-order valence-corrected chi connectivity index (χ0v) is 18.9. The van der Waals surface area contributed by atoms with Crippen molar-refractivity contribution in [1.29, 1.82) is 0 Å². The molecule has 0 aliphatic rings. The molecule has 2 aromatic rings. The number of ketones is 1. The van der Waals surface area contributed by atoms with Crippen LogP contribution in [0.5, 0.6) is 0 Å².